The van der Waals surface area contributed by atoms with E-state index in [2.05, 4.69) is 4.18 Å². The van der Waals surface area contributed by atoms with Gasteiger partial charge in [-0.15, -0.1) is 19.2 Å². The molecule has 54 heavy (non-hydrogen) atoms. The Kier molecular flexibility index (Phi) is 28.5. The molecule has 0 radical (unpaired) electrons. The fourth-order valence-corrected chi connectivity index (χ4v) is 4.14. The summed E-state index contributed by atoms with van der Waals surface area (Å²) >= 11 is 0. The third-order valence-corrected chi connectivity index (χ3v) is 6.56. The van der Waals surface area contributed by atoms with Crippen LogP contribution in [0.3, 0.4) is 0 Å². The largest absolute Gasteiger partial charge is 1.00 e. The fraction of sp³-hybridized carbons (Fsp3) is 0.222. The summed E-state index contributed by atoms with van der Waals surface area (Å²) < 4.78 is 81.4. The summed E-state index contributed by atoms with van der Waals surface area (Å²) in [6.07, 6.45) is 7.88. The van der Waals surface area contributed by atoms with Crippen LogP contribution >= 0.6 is 0 Å². The third kappa shape index (κ3) is 25.1. The minimum atomic E-state index is -4.69. The molecule has 0 aliphatic carbocycles. The van der Waals surface area contributed by atoms with Gasteiger partial charge >= 0.3 is 69.7 Å². The Morgan fingerprint density at radius 2 is 0.759 bits per heavy atom. The van der Waals surface area contributed by atoms with Gasteiger partial charge in [0.2, 0.25) is 10.4 Å². The fourth-order valence-electron chi connectivity index (χ4n) is 3.87. The van der Waals surface area contributed by atoms with E-state index in [4.69, 9.17) is 41.8 Å². The van der Waals surface area contributed by atoms with E-state index < -0.39 is 21.0 Å². The van der Waals surface area contributed by atoms with Gasteiger partial charge in [-0.3, -0.25) is 4.18 Å². The van der Waals surface area contributed by atoms with Gasteiger partial charge in [-0.25, -0.2) is 8.42 Å². The van der Waals surface area contributed by atoms with Crippen molar-refractivity contribution in [1.29, 1.82) is 0 Å². The molecule has 0 bridgehead atoms. The topological polar surface area (TPSA) is 218 Å². The predicted octanol–water partition coefficient (Wildman–Crippen LogP) is -2.95. The zero-order chi connectivity index (χ0) is 38.0. The van der Waals surface area contributed by atoms with Crippen LogP contribution in [0.25, 0.3) is 24.3 Å². The van der Waals surface area contributed by atoms with Gasteiger partial charge in [0, 0.05) is 0 Å². The number of benzene rings is 4. The van der Waals surface area contributed by atoms with E-state index in [9.17, 15) is 18.1 Å². The number of aliphatic hydroxyl groups is 2. The molecule has 0 unspecified atom stereocenters. The van der Waals surface area contributed by atoms with Crippen molar-refractivity contribution in [2.75, 3.05) is 52.9 Å². The Hall–Kier alpha value is -3.07. The van der Waals surface area contributed by atoms with Gasteiger partial charge in [-0.05, 0) is 70.8 Å². The van der Waals surface area contributed by atoms with E-state index >= 15 is 0 Å². The Balaban J connectivity index is 0.000000924. The maximum atomic E-state index is 10.4. The van der Waals surface area contributed by atoms with E-state index in [1.54, 1.807) is 24.3 Å². The minimum absolute atomic E-state index is 0. The van der Waals surface area contributed by atoms with Crippen LogP contribution in [0.2, 0.25) is 0 Å². The molecule has 2 N–H and O–H groups in total. The summed E-state index contributed by atoms with van der Waals surface area (Å²) in [4.78, 5) is 0. The maximum Gasteiger partial charge on any atom is 1.00 e. The summed E-state index contributed by atoms with van der Waals surface area (Å²) in [6.45, 7) is 0.146. The van der Waals surface area contributed by atoms with Crippen LogP contribution in [-0.4, -0.2) is 88.7 Å². The van der Waals surface area contributed by atoms with E-state index in [1.165, 1.54) is 0 Å². The van der Waals surface area contributed by atoms with Gasteiger partial charge < -0.3 is 38.8 Å². The molecule has 0 fully saturated rings. The molecule has 4 aromatic carbocycles. The predicted molar refractivity (Wildman–Crippen MR) is 190 cm³/mol. The van der Waals surface area contributed by atoms with Gasteiger partial charge in [0.15, 0.2) is 0 Å². The Labute approximate surface area is 360 Å². The average Bonchev–Trinajstić information content (AvgIpc) is 3.13. The van der Waals surface area contributed by atoms with Crippen LogP contribution in [0.5, 0.6) is 23.0 Å². The molecule has 0 saturated heterocycles. The van der Waals surface area contributed by atoms with Crippen LogP contribution in [-0.2, 0) is 25.2 Å². The molecule has 0 saturated carbocycles. The van der Waals surface area contributed by atoms with Crippen LogP contribution in [0, 0.1) is 0 Å². The van der Waals surface area contributed by atoms with Crippen LogP contribution in [0.4, 0.5) is 0 Å². The second-order valence-electron chi connectivity index (χ2n) is 9.92. The first-order valence-electron chi connectivity index (χ1n) is 15.5. The van der Waals surface area contributed by atoms with Gasteiger partial charge in [-0.1, -0.05) is 72.8 Å². The van der Waals surface area contributed by atoms with Crippen molar-refractivity contribution in [2.45, 2.75) is 0 Å². The number of hydrogen-bond acceptors (Lipinski definition) is 14. The first kappa shape index (κ1) is 50.9. The second-order valence-corrected chi connectivity index (χ2v) is 11.4. The third-order valence-electron chi connectivity index (χ3n) is 6.11. The van der Waals surface area contributed by atoms with Crippen molar-refractivity contribution in [1.82, 2.24) is 0 Å². The molecule has 0 aliphatic heterocycles. The van der Waals surface area contributed by atoms with Crippen LogP contribution in [0.15, 0.2) is 97.1 Å². The Bertz CT molecular complexity index is 1790. The SMILES string of the molecule is O=S(=O)([O-])OCCOc1ccc(/C=C/c2ccc(OCC[O-])cc2)cc1.O=S(=O)=O.OCCOc1ccc(/C=C/c2ccc(OCCO)cc2)cc1.[Na+].[Na+]. The van der Waals surface area contributed by atoms with Crippen molar-refractivity contribution >= 4 is 45.3 Å². The number of ether oxygens (including phenoxy) is 4. The van der Waals surface area contributed by atoms with Gasteiger partial charge in [0.1, 0.15) is 42.8 Å². The van der Waals surface area contributed by atoms with Crippen molar-refractivity contribution in [3.8, 4) is 23.0 Å². The normalized spacial score (nSPS) is 10.4. The van der Waals surface area contributed by atoms with Crippen LogP contribution < -0.4 is 83.2 Å². The molecule has 4 rings (SSSR count). The van der Waals surface area contributed by atoms with E-state index in [0.29, 0.717) is 24.7 Å². The molecular formula is C36H38Na2O14S2. The molecule has 0 spiro atoms. The monoisotopic (exact) mass is 804 g/mol. The number of rotatable bonds is 18. The van der Waals surface area contributed by atoms with E-state index in [1.807, 2.05) is 97.1 Å². The Morgan fingerprint density at radius 3 is 1.00 bits per heavy atom. The van der Waals surface area contributed by atoms with Crippen molar-refractivity contribution in [2.24, 2.45) is 0 Å². The molecule has 0 heterocycles. The summed E-state index contributed by atoms with van der Waals surface area (Å²) in [7, 11) is -7.80. The molecular weight excluding hydrogens is 766 g/mol. The molecule has 0 aromatic heterocycles. The van der Waals surface area contributed by atoms with E-state index in [0.717, 1.165) is 33.8 Å². The zero-order valence-corrected chi connectivity index (χ0v) is 35.4. The maximum absolute atomic E-state index is 10.4. The summed E-state index contributed by atoms with van der Waals surface area (Å²) in [6, 6.07) is 29.9. The first-order chi connectivity index (χ1) is 25.0. The van der Waals surface area contributed by atoms with Gasteiger partial charge in [-0.2, -0.15) is 0 Å². The molecule has 18 heteroatoms. The molecule has 14 nitrogen and oxygen atoms in total. The zero-order valence-electron chi connectivity index (χ0n) is 29.8. The van der Waals surface area contributed by atoms with E-state index in [-0.39, 0.29) is 98.8 Å². The van der Waals surface area contributed by atoms with Gasteiger partial charge in [0.25, 0.3) is 0 Å². The second kappa shape index (κ2) is 30.2. The standard InChI is InChI=1S/C18H19O7S.C18H20O4.2Na.O3S/c19-11-12-23-17-7-3-15(4-8-17)1-2-16-5-9-18(10-6-16)24-13-14-25-26(20,21)22;19-11-13-21-17-7-3-15(4-8-17)1-2-16-5-9-18(10-6-16)22-14-12-20;;;1-4(2)3/h1-10H,11-14H2,(H,20,21,22);1-10,19-20H,11-14H2;;;/q-1;;2*+1;/p-1/b2*2-1+;;;. The number of aliphatic hydroxyl groups excluding tert-OH is 2. The van der Waals surface area contributed by atoms with Gasteiger partial charge in [0.05, 0.1) is 26.4 Å². The molecule has 0 aliphatic rings. The minimum Gasteiger partial charge on any atom is -0.852 e. The summed E-state index contributed by atoms with van der Waals surface area (Å²) in [5.74, 6) is 2.69. The smallest absolute Gasteiger partial charge is 0.852 e. The first-order valence-corrected chi connectivity index (χ1v) is 17.8. The molecule has 0 atom stereocenters. The van der Waals surface area contributed by atoms with Crippen molar-refractivity contribution < 1.29 is 123 Å². The quantitative estimate of drug-likeness (QED) is 0.0338. The van der Waals surface area contributed by atoms with Crippen molar-refractivity contribution in [3.63, 3.8) is 0 Å². The Morgan fingerprint density at radius 1 is 0.500 bits per heavy atom. The number of hydrogen-bond donors (Lipinski definition) is 2. The molecule has 0 amide bonds. The summed E-state index contributed by atoms with van der Waals surface area (Å²) in [5, 5.41) is 27.8. The molecule has 280 valence electrons. The van der Waals surface area contributed by atoms with Crippen molar-refractivity contribution in [3.05, 3.63) is 119 Å². The average molecular weight is 805 g/mol. The summed E-state index contributed by atoms with van der Waals surface area (Å²) in [5.41, 5.74) is 4.06. The van der Waals surface area contributed by atoms with Crippen LogP contribution in [0.1, 0.15) is 22.3 Å². The molecule has 4 aromatic rings.